The zero-order valence-corrected chi connectivity index (χ0v) is 16.7. The Morgan fingerprint density at radius 2 is 2.15 bits per heavy atom. The minimum atomic E-state index is 0.420. The van der Waals surface area contributed by atoms with Crippen molar-refractivity contribution in [2.75, 3.05) is 25.5 Å². The summed E-state index contributed by atoms with van der Waals surface area (Å²) in [5, 5.41) is 3.63. The number of hydrogen-bond donors (Lipinski definition) is 1. The maximum Gasteiger partial charge on any atom is 0.133 e. The predicted molar refractivity (Wildman–Crippen MR) is 107 cm³/mol. The van der Waals surface area contributed by atoms with E-state index in [1.807, 2.05) is 24.4 Å². The molecule has 1 N–H and O–H groups in total. The van der Waals surface area contributed by atoms with Gasteiger partial charge in [0.15, 0.2) is 0 Å². The highest BCUT2D eigenvalue weighted by atomic mass is 79.9. The van der Waals surface area contributed by atoms with Crippen LogP contribution in [0.5, 0.6) is 5.75 Å². The Bertz CT molecular complexity index is 765. The van der Waals surface area contributed by atoms with E-state index in [9.17, 15) is 0 Å². The maximum absolute atomic E-state index is 5.53. The number of nitrogens with one attached hydrogen (secondary N) is 1. The molecule has 0 spiro atoms. The molecule has 2 heterocycles. The fourth-order valence-corrected chi connectivity index (χ4v) is 4.04. The van der Waals surface area contributed by atoms with Crippen LogP contribution in [-0.2, 0) is 6.54 Å². The molecule has 5 nitrogen and oxygen atoms in total. The average Bonchev–Trinajstić information content (AvgIpc) is 3.48. The van der Waals surface area contributed by atoms with Gasteiger partial charge in [-0.3, -0.25) is 4.90 Å². The summed E-state index contributed by atoms with van der Waals surface area (Å²) in [4.78, 5) is 11.6. The van der Waals surface area contributed by atoms with Crippen molar-refractivity contribution in [3.05, 3.63) is 46.3 Å². The van der Waals surface area contributed by atoms with Gasteiger partial charge in [-0.05, 0) is 56.5 Å². The van der Waals surface area contributed by atoms with Gasteiger partial charge in [-0.25, -0.2) is 9.97 Å². The van der Waals surface area contributed by atoms with Crippen LogP contribution in [0.15, 0.2) is 34.9 Å². The number of piperidine rings is 1. The van der Waals surface area contributed by atoms with Crippen molar-refractivity contribution in [1.29, 1.82) is 0 Å². The summed E-state index contributed by atoms with van der Waals surface area (Å²) in [5.41, 5.74) is 1.22. The Hall–Kier alpha value is -1.66. The summed E-state index contributed by atoms with van der Waals surface area (Å²) in [5.74, 6) is 3.51. The van der Waals surface area contributed by atoms with Crippen LogP contribution < -0.4 is 10.1 Å². The molecule has 1 saturated carbocycles. The summed E-state index contributed by atoms with van der Waals surface area (Å²) >= 11 is 3.57. The molecule has 6 heteroatoms. The maximum atomic E-state index is 5.53. The molecular weight excluding hydrogens is 392 g/mol. The number of halogens is 1. The summed E-state index contributed by atoms with van der Waals surface area (Å²) < 4.78 is 6.62. The zero-order valence-electron chi connectivity index (χ0n) is 15.1. The van der Waals surface area contributed by atoms with E-state index < -0.39 is 0 Å². The largest absolute Gasteiger partial charge is 0.496 e. The molecule has 0 radical (unpaired) electrons. The number of ether oxygens (including phenoxy) is 1. The Balaban J connectivity index is 1.40. The fourth-order valence-electron chi connectivity index (χ4n) is 3.63. The van der Waals surface area contributed by atoms with Gasteiger partial charge in [-0.15, -0.1) is 0 Å². The lowest BCUT2D eigenvalue weighted by Gasteiger charge is -2.33. The quantitative estimate of drug-likeness (QED) is 0.764. The molecule has 138 valence electrons. The first-order valence-corrected chi connectivity index (χ1v) is 10.1. The van der Waals surface area contributed by atoms with Gasteiger partial charge in [0.2, 0.25) is 0 Å². The lowest BCUT2D eigenvalue weighted by atomic mass is 10.0. The molecule has 1 aliphatic carbocycles. The van der Waals surface area contributed by atoms with Gasteiger partial charge in [-0.1, -0.05) is 15.9 Å². The molecule has 2 aliphatic rings. The zero-order chi connectivity index (χ0) is 17.9. The van der Waals surface area contributed by atoms with Crippen LogP contribution in [0.3, 0.4) is 0 Å². The van der Waals surface area contributed by atoms with E-state index in [4.69, 9.17) is 9.72 Å². The van der Waals surface area contributed by atoms with E-state index in [1.54, 1.807) is 7.11 Å². The van der Waals surface area contributed by atoms with E-state index in [1.165, 1.54) is 31.2 Å². The van der Waals surface area contributed by atoms with Gasteiger partial charge >= 0.3 is 0 Å². The molecule has 1 saturated heterocycles. The number of hydrogen-bond acceptors (Lipinski definition) is 5. The average molecular weight is 417 g/mol. The van der Waals surface area contributed by atoms with Gasteiger partial charge in [-0.2, -0.15) is 0 Å². The van der Waals surface area contributed by atoms with Crippen LogP contribution in [0.4, 0.5) is 5.82 Å². The SMILES string of the molecule is COc1ccc(Br)cc1CN1CCCC(Nc2ccnc(C3CC3)n2)C1. The van der Waals surface area contributed by atoms with Crippen LogP contribution in [0.25, 0.3) is 0 Å². The standard InChI is InChI=1S/C20H25BrN4O/c1-26-18-7-6-16(21)11-15(18)12-25-10-2-3-17(13-25)23-19-8-9-22-20(24-19)14-4-5-14/h6-9,11,14,17H,2-5,10,12-13H2,1H3,(H,22,23,24). The highest BCUT2D eigenvalue weighted by Gasteiger charge is 2.27. The van der Waals surface area contributed by atoms with E-state index in [-0.39, 0.29) is 0 Å². The molecule has 2 aromatic rings. The van der Waals surface area contributed by atoms with Crippen molar-refractivity contribution in [3.63, 3.8) is 0 Å². The van der Waals surface area contributed by atoms with Crippen LogP contribution in [-0.4, -0.2) is 41.1 Å². The predicted octanol–water partition coefficient (Wildman–Crippen LogP) is 4.20. The van der Waals surface area contributed by atoms with Gasteiger partial charge in [0.05, 0.1) is 7.11 Å². The summed E-state index contributed by atoms with van der Waals surface area (Å²) in [6.45, 7) is 3.03. The summed E-state index contributed by atoms with van der Waals surface area (Å²) in [6, 6.07) is 8.61. The van der Waals surface area contributed by atoms with E-state index >= 15 is 0 Å². The molecule has 1 aromatic heterocycles. The smallest absolute Gasteiger partial charge is 0.133 e. The molecule has 0 bridgehead atoms. The van der Waals surface area contributed by atoms with Crippen LogP contribution >= 0.6 is 15.9 Å². The number of anilines is 1. The van der Waals surface area contributed by atoms with Gasteiger partial charge in [0.1, 0.15) is 17.4 Å². The second-order valence-electron chi connectivity index (χ2n) is 7.25. The molecule has 0 amide bonds. The Labute approximate surface area is 163 Å². The lowest BCUT2D eigenvalue weighted by molar-refractivity contribution is 0.206. The third-order valence-corrected chi connectivity index (χ3v) is 5.60. The van der Waals surface area contributed by atoms with Crippen molar-refractivity contribution in [2.24, 2.45) is 0 Å². The normalized spacial score (nSPS) is 20.8. The minimum absolute atomic E-state index is 0.420. The summed E-state index contributed by atoms with van der Waals surface area (Å²) in [6.07, 6.45) is 6.71. The third-order valence-electron chi connectivity index (χ3n) is 5.11. The molecule has 1 atom stereocenters. The van der Waals surface area contributed by atoms with Crippen LogP contribution in [0.2, 0.25) is 0 Å². The van der Waals surface area contributed by atoms with Crippen molar-refractivity contribution in [1.82, 2.24) is 14.9 Å². The van der Waals surface area contributed by atoms with Gasteiger partial charge in [0, 0.05) is 41.3 Å². The number of likely N-dealkylation sites (tertiary alicyclic amines) is 1. The topological polar surface area (TPSA) is 50.3 Å². The van der Waals surface area contributed by atoms with E-state index in [0.717, 1.165) is 41.5 Å². The Morgan fingerprint density at radius 1 is 1.27 bits per heavy atom. The minimum Gasteiger partial charge on any atom is -0.496 e. The lowest BCUT2D eigenvalue weighted by Crippen LogP contribution is -2.41. The van der Waals surface area contributed by atoms with Crippen LogP contribution in [0.1, 0.15) is 43.0 Å². The number of rotatable bonds is 6. The molecule has 4 rings (SSSR count). The number of aromatic nitrogens is 2. The van der Waals surface area contributed by atoms with E-state index in [2.05, 4.69) is 37.2 Å². The number of nitrogens with zero attached hydrogens (tertiary/aromatic N) is 3. The van der Waals surface area contributed by atoms with E-state index in [0.29, 0.717) is 12.0 Å². The Morgan fingerprint density at radius 3 is 2.96 bits per heavy atom. The third kappa shape index (κ3) is 4.35. The van der Waals surface area contributed by atoms with Crippen molar-refractivity contribution in [3.8, 4) is 5.75 Å². The second-order valence-corrected chi connectivity index (χ2v) is 8.16. The molecule has 26 heavy (non-hydrogen) atoms. The first-order chi connectivity index (χ1) is 12.7. The number of benzene rings is 1. The van der Waals surface area contributed by atoms with Gasteiger partial charge in [0.25, 0.3) is 0 Å². The fraction of sp³-hybridized carbons (Fsp3) is 0.500. The monoisotopic (exact) mass is 416 g/mol. The molecule has 2 fully saturated rings. The first-order valence-electron chi connectivity index (χ1n) is 9.35. The van der Waals surface area contributed by atoms with Crippen molar-refractivity contribution >= 4 is 21.7 Å². The Kier molecular flexibility index (Phi) is 5.41. The van der Waals surface area contributed by atoms with Crippen molar-refractivity contribution < 1.29 is 4.74 Å². The van der Waals surface area contributed by atoms with Gasteiger partial charge < -0.3 is 10.1 Å². The highest BCUT2D eigenvalue weighted by molar-refractivity contribution is 9.10. The molecular formula is C20H25BrN4O. The summed E-state index contributed by atoms with van der Waals surface area (Å²) in [7, 11) is 1.74. The second kappa shape index (κ2) is 7.92. The highest BCUT2D eigenvalue weighted by Crippen LogP contribution is 2.38. The molecule has 1 aromatic carbocycles. The first kappa shape index (κ1) is 17.7. The van der Waals surface area contributed by atoms with Crippen molar-refractivity contribution in [2.45, 2.75) is 44.2 Å². The van der Waals surface area contributed by atoms with Crippen LogP contribution in [0, 0.1) is 0 Å². The molecule has 1 aliphatic heterocycles. The number of methoxy groups -OCH3 is 1. The molecule has 1 unspecified atom stereocenters.